The fourth-order valence-corrected chi connectivity index (χ4v) is 4.11. The lowest BCUT2D eigenvalue weighted by Crippen LogP contribution is -2.19. The summed E-state index contributed by atoms with van der Waals surface area (Å²) in [5.41, 5.74) is 4.45. The van der Waals surface area contributed by atoms with Crippen LogP contribution in [0.3, 0.4) is 0 Å². The third-order valence-corrected chi connectivity index (χ3v) is 6.00. The van der Waals surface area contributed by atoms with Crippen molar-refractivity contribution in [3.8, 4) is 17.3 Å². The van der Waals surface area contributed by atoms with Crippen molar-refractivity contribution in [2.24, 2.45) is 4.99 Å². The van der Waals surface area contributed by atoms with Crippen LogP contribution in [0.25, 0.3) is 17.3 Å². The normalized spacial score (nSPS) is 16.0. The van der Waals surface area contributed by atoms with Gasteiger partial charge in [0.2, 0.25) is 0 Å². The highest BCUT2D eigenvalue weighted by Gasteiger charge is 2.25. The van der Waals surface area contributed by atoms with Crippen molar-refractivity contribution in [1.29, 1.82) is 5.26 Å². The van der Waals surface area contributed by atoms with Crippen molar-refractivity contribution in [2.45, 2.75) is 19.9 Å². The summed E-state index contributed by atoms with van der Waals surface area (Å²) in [4.78, 5) is 17.6. The zero-order chi connectivity index (χ0) is 21.8. The Bertz CT molecular complexity index is 1220. The Kier molecular flexibility index (Phi) is 6.35. The Morgan fingerprint density at radius 3 is 2.68 bits per heavy atom. The van der Waals surface area contributed by atoms with Gasteiger partial charge in [-0.1, -0.05) is 45.8 Å². The molecule has 1 fully saturated rings. The zero-order valence-corrected chi connectivity index (χ0v) is 19.1. The van der Waals surface area contributed by atoms with E-state index in [0.29, 0.717) is 23.0 Å². The molecule has 3 aromatic rings. The van der Waals surface area contributed by atoms with Gasteiger partial charge >= 0.3 is 0 Å². The van der Waals surface area contributed by atoms with Gasteiger partial charge in [-0.2, -0.15) is 10.4 Å². The van der Waals surface area contributed by atoms with Crippen molar-refractivity contribution in [2.75, 3.05) is 0 Å². The molecule has 1 saturated heterocycles. The summed E-state index contributed by atoms with van der Waals surface area (Å²) in [5.74, 6) is -0.192. The van der Waals surface area contributed by atoms with Gasteiger partial charge < -0.3 is 5.32 Å². The number of aromatic nitrogens is 2. The highest BCUT2D eigenvalue weighted by atomic mass is 79.9. The number of nitrogens with one attached hydrogen (secondary N) is 1. The fourth-order valence-electron chi connectivity index (χ4n) is 3.01. The van der Waals surface area contributed by atoms with Gasteiger partial charge in [0.1, 0.15) is 0 Å². The van der Waals surface area contributed by atoms with Crippen LogP contribution in [0, 0.1) is 18.3 Å². The number of thioether (sulfide) groups is 1. The van der Waals surface area contributed by atoms with E-state index in [0.717, 1.165) is 32.5 Å². The van der Waals surface area contributed by atoms with Crippen molar-refractivity contribution in [1.82, 2.24) is 15.1 Å². The first kappa shape index (κ1) is 21.1. The zero-order valence-electron chi connectivity index (χ0n) is 16.7. The van der Waals surface area contributed by atoms with E-state index in [2.05, 4.69) is 37.4 Å². The van der Waals surface area contributed by atoms with E-state index in [1.165, 1.54) is 11.8 Å². The lowest BCUT2D eigenvalue weighted by molar-refractivity contribution is -0.115. The minimum atomic E-state index is -0.192. The van der Waals surface area contributed by atoms with Crippen molar-refractivity contribution >= 4 is 50.5 Å². The summed E-state index contributed by atoms with van der Waals surface area (Å²) in [6.45, 7) is 2.51. The average molecular weight is 492 g/mol. The number of amidine groups is 1. The Labute approximate surface area is 192 Å². The first-order valence-electron chi connectivity index (χ1n) is 9.58. The Hall–Kier alpha value is -3.15. The number of nitriles is 1. The highest BCUT2D eigenvalue weighted by Crippen LogP contribution is 2.31. The quantitative estimate of drug-likeness (QED) is 0.482. The van der Waals surface area contributed by atoms with E-state index in [4.69, 9.17) is 5.26 Å². The van der Waals surface area contributed by atoms with Crippen LogP contribution in [0.15, 0.2) is 69.1 Å². The average Bonchev–Trinajstić information content (AvgIpc) is 3.32. The molecule has 4 rings (SSSR count). The molecule has 2 aromatic carbocycles. The highest BCUT2D eigenvalue weighted by molar-refractivity contribution is 9.10. The molecule has 0 unspecified atom stereocenters. The molecule has 1 aliphatic rings. The number of carbonyl (C=O) groups is 1. The van der Waals surface area contributed by atoms with Gasteiger partial charge in [-0.05, 0) is 49.0 Å². The molecule has 6 nitrogen and oxygen atoms in total. The second kappa shape index (κ2) is 9.33. The molecule has 0 radical (unpaired) electrons. The van der Waals surface area contributed by atoms with Gasteiger partial charge in [-0.25, -0.2) is 4.99 Å². The molecule has 1 aliphatic heterocycles. The van der Waals surface area contributed by atoms with E-state index in [-0.39, 0.29) is 5.91 Å². The summed E-state index contributed by atoms with van der Waals surface area (Å²) in [7, 11) is 0. The molecule has 31 heavy (non-hydrogen) atoms. The predicted octanol–water partition coefficient (Wildman–Crippen LogP) is 5.43. The predicted molar refractivity (Wildman–Crippen MR) is 128 cm³/mol. The maximum atomic E-state index is 12.5. The number of carbonyl (C=O) groups excluding carboxylic acids is 1. The lowest BCUT2D eigenvalue weighted by Gasteiger charge is -2.00. The number of aryl methyl sites for hydroxylation is 2. The SMILES string of the molecule is Cc1ccc(N=C2NC(=O)/C(=C\c3cn(CCC#N)nc3-c3ccc(Br)cc3)S2)cc1. The number of hydrogen-bond acceptors (Lipinski definition) is 5. The Morgan fingerprint density at radius 2 is 1.97 bits per heavy atom. The van der Waals surface area contributed by atoms with Crippen LogP contribution in [0.2, 0.25) is 0 Å². The van der Waals surface area contributed by atoms with Crippen LogP contribution in [0.4, 0.5) is 5.69 Å². The van der Waals surface area contributed by atoms with Crippen LogP contribution >= 0.6 is 27.7 Å². The molecule has 0 spiro atoms. The Morgan fingerprint density at radius 1 is 1.23 bits per heavy atom. The van der Waals surface area contributed by atoms with Crippen molar-refractivity contribution in [3.63, 3.8) is 0 Å². The molecular formula is C23H18BrN5OS. The summed E-state index contributed by atoms with van der Waals surface area (Å²) in [5, 5.41) is 16.9. The summed E-state index contributed by atoms with van der Waals surface area (Å²) in [6.07, 6.45) is 4.05. The number of benzene rings is 2. The van der Waals surface area contributed by atoms with E-state index in [9.17, 15) is 4.79 Å². The minimum Gasteiger partial charge on any atom is -0.300 e. The van der Waals surface area contributed by atoms with Gasteiger partial charge in [0.25, 0.3) is 5.91 Å². The maximum absolute atomic E-state index is 12.5. The van der Waals surface area contributed by atoms with Crippen LogP contribution in [-0.2, 0) is 11.3 Å². The molecule has 1 amide bonds. The molecule has 1 N–H and O–H groups in total. The standard InChI is InChI=1S/C23H18BrN5OS/c1-15-3-9-19(10-4-15)26-23-27-22(30)20(31-23)13-17-14-29(12-2-11-25)28-21(17)16-5-7-18(24)8-6-16/h3-10,13-14H,2,12H2,1H3,(H,26,27,30)/b20-13+. The van der Waals surface area contributed by atoms with Gasteiger partial charge in [-0.15, -0.1) is 0 Å². The number of halogens is 1. The topological polar surface area (TPSA) is 83.1 Å². The summed E-state index contributed by atoms with van der Waals surface area (Å²) < 4.78 is 2.72. The second-order valence-corrected chi connectivity index (χ2v) is 8.87. The van der Waals surface area contributed by atoms with Gasteiger partial charge in [-0.3, -0.25) is 9.48 Å². The first-order valence-corrected chi connectivity index (χ1v) is 11.2. The number of aliphatic imine (C=N–C) groups is 1. The van der Waals surface area contributed by atoms with E-state index in [1.807, 2.05) is 67.7 Å². The van der Waals surface area contributed by atoms with Crippen LogP contribution in [-0.4, -0.2) is 20.9 Å². The lowest BCUT2D eigenvalue weighted by atomic mass is 10.1. The third-order valence-electron chi connectivity index (χ3n) is 4.56. The monoisotopic (exact) mass is 491 g/mol. The van der Waals surface area contributed by atoms with Crippen molar-refractivity contribution in [3.05, 3.63) is 75.2 Å². The van der Waals surface area contributed by atoms with Gasteiger partial charge in [0, 0.05) is 21.8 Å². The largest absolute Gasteiger partial charge is 0.300 e. The second-order valence-electron chi connectivity index (χ2n) is 6.93. The third kappa shape index (κ3) is 5.13. The maximum Gasteiger partial charge on any atom is 0.264 e. The minimum absolute atomic E-state index is 0.192. The molecule has 0 atom stereocenters. The number of hydrogen-bond donors (Lipinski definition) is 1. The first-order chi connectivity index (χ1) is 15.0. The molecule has 0 saturated carbocycles. The molecule has 0 bridgehead atoms. The molecule has 1 aromatic heterocycles. The smallest absolute Gasteiger partial charge is 0.264 e. The number of rotatable bonds is 5. The molecule has 154 valence electrons. The van der Waals surface area contributed by atoms with E-state index in [1.54, 1.807) is 4.68 Å². The van der Waals surface area contributed by atoms with E-state index >= 15 is 0 Å². The molecular weight excluding hydrogens is 474 g/mol. The summed E-state index contributed by atoms with van der Waals surface area (Å²) >= 11 is 4.75. The van der Waals surface area contributed by atoms with Crippen LogP contribution in [0.5, 0.6) is 0 Å². The van der Waals surface area contributed by atoms with Gasteiger partial charge in [0.15, 0.2) is 5.17 Å². The van der Waals surface area contributed by atoms with E-state index < -0.39 is 0 Å². The van der Waals surface area contributed by atoms with Crippen LogP contribution in [0.1, 0.15) is 17.5 Å². The van der Waals surface area contributed by atoms with Crippen molar-refractivity contribution < 1.29 is 4.79 Å². The molecule has 8 heteroatoms. The number of amides is 1. The molecule has 0 aliphatic carbocycles. The summed E-state index contributed by atoms with van der Waals surface area (Å²) in [6, 6.07) is 17.8. The number of nitrogens with zero attached hydrogens (tertiary/aromatic N) is 4. The van der Waals surface area contributed by atoms with Crippen LogP contribution < -0.4 is 5.32 Å². The Balaban J connectivity index is 1.66. The fraction of sp³-hybridized carbons (Fsp3) is 0.130. The molecule has 2 heterocycles. The van der Waals surface area contributed by atoms with Gasteiger partial charge in [0.05, 0.1) is 35.3 Å².